The molecule has 0 fully saturated rings. The summed E-state index contributed by atoms with van der Waals surface area (Å²) >= 11 is 0. The molecule has 0 spiro atoms. The van der Waals surface area contributed by atoms with Gasteiger partial charge in [-0.3, -0.25) is 0 Å². The van der Waals surface area contributed by atoms with Crippen LogP contribution in [0.1, 0.15) is 13.8 Å². The molecule has 0 saturated heterocycles. The van der Waals surface area contributed by atoms with Crippen LogP contribution in [0.25, 0.3) is 0 Å². The van der Waals surface area contributed by atoms with Gasteiger partial charge in [-0.2, -0.15) is 5.26 Å². The van der Waals surface area contributed by atoms with E-state index in [2.05, 4.69) is 11.4 Å². The predicted molar refractivity (Wildman–Crippen MR) is 67.4 cm³/mol. The molecule has 0 radical (unpaired) electrons. The summed E-state index contributed by atoms with van der Waals surface area (Å²) in [5, 5.41) is 12.0. The Morgan fingerprint density at radius 1 is 1.29 bits per heavy atom. The maximum Gasteiger partial charge on any atom is 0.175 e. The van der Waals surface area contributed by atoms with Crippen molar-refractivity contribution in [2.45, 2.75) is 18.7 Å². The Morgan fingerprint density at radius 3 is 2.24 bits per heavy atom. The number of sulfone groups is 1. The van der Waals surface area contributed by atoms with Crippen molar-refractivity contribution in [2.24, 2.45) is 5.41 Å². The molecule has 1 aromatic carbocycles. The van der Waals surface area contributed by atoms with Crippen LogP contribution in [-0.4, -0.2) is 21.2 Å². The minimum Gasteiger partial charge on any atom is -0.383 e. The van der Waals surface area contributed by atoms with Gasteiger partial charge in [0.25, 0.3) is 0 Å². The zero-order valence-corrected chi connectivity index (χ0v) is 11.0. The smallest absolute Gasteiger partial charge is 0.175 e. The first-order chi connectivity index (χ1) is 7.74. The van der Waals surface area contributed by atoms with E-state index in [1.165, 1.54) is 6.26 Å². The second-order valence-electron chi connectivity index (χ2n) is 4.65. The van der Waals surface area contributed by atoms with Gasteiger partial charge in [0.05, 0.1) is 16.4 Å². The molecule has 0 aliphatic heterocycles. The number of anilines is 1. The minimum atomic E-state index is -3.15. The van der Waals surface area contributed by atoms with Gasteiger partial charge in [0.2, 0.25) is 0 Å². The second-order valence-corrected chi connectivity index (χ2v) is 6.66. The predicted octanol–water partition coefficient (Wildman–Crippen LogP) is 2.05. The molecule has 0 bridgehead atoms. The average Bonchev–Trinajstić information content (AvgIpc) is 2.26. The number of nitriles is 1. The topological polar surface area (TPSA) is 70.0 Å². The summed E-state index contributed by atoms with van der Waals surface area (Å²) in [6, 6.07) is 8.69. The molecular weight excluding hydrogens is 236 g/mol. The van der Waals surface area contributed by atoms with Gasteiger partial charge in [0, 0.05) is 18.5 Å². The van der Waals surface area contributed by atoms with Crippen LogP contribution in [0.4, 0.5) is 5.69 Å². The van der Waals surface area contributed by atoms with Crippen LogP contribution in [0, 0.1) is 16.7 Å². The number of hydrogen-bond donors (Lipinski definition) is 1. The van der Waals surface area contributed by atoms with Crippen molar-refractivity contribution in [3.63, 3.8) is 0 Å². The number of hydrogen-bond acceptors (Lipinski definition) is 4. The normalized spacial score (nSPS) is 11.9. The summed E-state index contributed by atoms with van der Waals surface area (Å²) in [6.45, 7) is 4.19. The zero-order chi connectivity index (χ0) is 13.1. The monoisotopic (exact) mass is 252 g/mol. The average molecular weight is 252 g/mol. The van der Waals surface area contributed by atoms with E-state index in [0.29, 0.717) is 11.4 Å². The summed E-state index contributed by atoms with van der Waals surface area (Å²) in [5.74, 6) is 0. The van der Waals surface area contributed by atoms with E-state index < -0.39 is 15.3 Å². The summed E-state index contributed by atoms with van der Waals surface area (Å²) in [6.07, 6.45) is 1.17. The van der Waals surface area contributed by atoms with Crippen molar-refractivity contribution in [1.82, 2.24) is 0 Å². The van der Waals surface area contributed by atoms with Gasteiger partial charge in [0.1, 0.15) is 0 Å². The molecular formula is C12H16N2O2S. The van der Waals surface area contributed by atoms with Crippen LogP contribution in [0.2, 0.25) is 0 Å². The molecule has 0 amide bonds. The Bertz CT molecular complexity index is 525. The molecule has 1 aromatic rings. The Morgan fingerprint density at radius 2 is 1.82 bits per heavy atom. The molecule has 0 atom stereocenters. The Labute approximate surface area is 102 Å². The van der Waals surface area contributed by atoms with Crippen molar-refractivity contribution in [3.8, 4) is 6.07 Å². The van der Waals surface area contributed by atoms with Gasteiger partial charge in [-0.15, -0.1) is 0 Å². The molecule has 0 aromatic heterocycles. The van der Waals surface area contributed by atoms with Gasteiger partial charge in [-0.1, -0.05) is 0 Å². The summed E-state index contributed by atoms with van der Waals surface area (Å²) < 4.78 is 22.5. The molecule has 5 heteroatoms. The van der Waals surface area contributed by atoms with Crippen molar-refractivity contribution in [3.05, 3.63) is 24.3 Å². The standard InChI is InChI=1S/C12H16N2O2S/c1-12(2,8-13)9-14-10-4-6-11(7-5-10)17(3,15)16/h4-7,14H,9H2,1-3H3. The quantitative estimate of drug-likeness (QED) is 0.890. The van der Waals surface area contributed by atoms with Gasteiger partial charge in [-0.25, -0.2) is 8.42 Å². The Kier molecular flexibility index (Phi) is 3.79. The molecule has 1 N–H and O–H groups in total. The van der Waals surface area contributed by atoms with Crippen LogP contribution < -0.4 is 5.32 Å². The van der Waals surface area contributed by atoms with Crippen molar-refractivity contribution in [2.75, 3.05) is 18.1 Å². The second kappa shape index (κ2) is 4.76. The van der Waals surface area contributed by atoms with E-state index in [1.54, 1.807) is 24.3 Å². The summed E-state index contributed by atoms with van der Waals surface area (Å²) in [5.41, 5.74) is 0.357. The highest BCUT2D eigenvalue weighted by Gasteiger charge is 2.16. The SMILES string of the molecule is CC(C)(C#N)CNc1ccc(S(C)(=O)=O)cc1. The number of nitrogens with zero attached hydrogens (tertiary/aromatic N) is 1. The molecule has 4 nitrogen and oxygen atoms in total. The third kappa shape index (κ3) is 4.08. The van der Waals surface area contributed by atoms with Crippen molar-refractivity contribution in [1.29, 1.82) is 5.26 Å². The van der Waals surface area contributed by atoms with Crippen molar-refractivity contribution >= 4 is 15.5 Å². The lowest BCUT2D eigenvalue weighted by molar-refractivity contribution is 0.529. The van der Waals surface area contributed by atoms with E-state index >= 15 is 0 Å². The summed E-state index contributed by atoms with van der Waals surface area (Å²) in [4.78, 5) is 0.294. The third-order valence-electron chi connectivity index (χ3n) is 2.32. The van der Waals surface area contributed by atoms with Crippen LogP contribution in [0.15, 0.2) is 29.2 Å². The maximum absolute atomic E-state index is 11.2. The first-order valence-electron chi connectivity index (χ1n) is 5.20. The number of benzene rings is 1. The lowest BCUT2D eigenvalue weighted by Gasteiger charge is -2.16. The Hall–Kier alpha value is -1.54. The first kappa shape index (κ1) is 13.5. The van der Waals surface area contributed by atoms with E-state index in [9.17, 15) is 8.42 Å². The fourth-order valence-electron chi connectivity index (χ4n) is 1.18. The largest absolute Gasteiger partial charge is 0.383 e. The van der Waals surface area contributed by atoms with Gasteiger partial charge in [0.15, 0.2) is 9.84 Å². The first-order valence-corrected chi connectivity index (χ1v) is 7.09. The molecule has 0 aliphatic carbocycles. The molecule has 92 valence electrons. The molecule has 1 rings (SSSR count). The molecule has 17 heavy (non-hydrogen) atoms. The van der Waals surface area contributed by atoms with Crippen LogP contribution in [-0.2, 0) is 9.84 Å². The van der Waals surface area contributed by atoms with E-state index in [-0.39, 0.29) is 0 Å². The highest BCUT2D eigenvalue weighted by molar-refractivity contribution is 7.90. The van der Waals surface area contributed by atoms with E-state index in [0.717, 1.165) is 5.69 Å². The van der Waals surface area contributed by atoms with Gasteiger partial charge >= 0.3 is 0 Å². The lowest BCUT2D eigenvalue weighted by Crippen LogP contribution is -2.20. The number of nitrogens with one attached hydrogen (secondary N) is 1. The van der Waals surface area contributed by atoms with Crippen molar-refractivity contribution < 1.29 is 8.42 Å². The third-order valence-corrected chi connectivity index (χ3v) is 3.45. The molecule has 0 heterocycles. The molecule has 0 saturated carbocycles. The van der Waals surface area contributed by atoms with Crippen LogP contribution in [0.5, 0.6) is 0 Å². The van der Waals surface area contributed by atoms with Gasteiger partial charge in [-0.05, 0) is 38.1 Å². The highest BCUT2D eigenvalue weighted by Crippen LogP contribution is 2.17. The fourth-order valence-corrected chi connectivity index (χ4v) is 1.81. The van der Waals surface area contributed by atoms with E-state index in [4.69, 9.17) is 5.26 Å². The molecule has 0 unspecified atom stereocenters. The Balaban J connectivity index is 2.74. The zero-order valence-electron chi connectivity index (χ0n) is 10.2. The number of rotatable bonds is 4. The minimum absolute atomic E-state index is 0.294. The van der Waals surface area contributed by atoms with Gasteiger partial charge < -0.3 is 5.32 Å². The fraction of sp³-hybridized carbons (Fsp3) is 0.417. The van der Waals surface area contributed by atoms with Crippen LogP contribution >= 0.6 is 0 Å². The maximum atomic E-state index is 11.2. The summed E-state index contributed by atoms with van der Waals surface area (Å²) in [7, 11) is -3.15. The lowest BCUT2D eigenvalue weighted by atomic mass is 9.96. The molecule has 0 aliphatic rings. The van der Waals surface area contributed by atoms with Crippen LogP contribution in [0.3, 0.4) is 0 Å². The highest BCUT2D eigenvalue weighted by atomic mass is 32.2. The van der Waals surface area contributed by atoms with E-state index in [1.807, 2.05) is 13.8 Å².